The van der Waals surface area contributed by atoms with Crippen molar-refractivity contribution in [1.29, 1.82) is 0 Å². The molecule has 0 saturated heterocycles. The molecule has 1 unspecified atom stereocenters. The fourth-order valence-electron chi connectivity index (χ4n) is 2.68. The smallest absolute Gasteiger partial charge is 0.119 e. The summed E-state index contributed by atoms with van der Waals surface area (Å²) in [5.41, 5.74) is 1.68. The highest BCUT2D eigenvalue weighted by Crippen LogP contribution is 2.25. The van der Waals surface area contributed by atoms with Crippen LogP contribution in [-0.4, -0.2) is 17.0 Å². The number of halogens is 2. The third-order valence-corrected chi connectivity index (χ3v) is 4.99. The van der Waals surface area contributed by atoms with Gasteiger partial charge in [0.15, 0.2) is 0 Å². The molecule has 0 spiro atoms. The molecule has 0 fully saturated rings. The van der Waals surface area contributed by atoms with Gasteiger partial charge in [0.1, 0.15) is 11.9 Å². The second kappa shape index (κ2) is 11.6. The van der Waals surface area contributed by atoms with E-state index in [1.807, 2.05) is 36.4 Å². The predicted molar refractivity (Wildman–Crippen MR) is 109 cm³/mol. The van der Waals surface area contributed by atoms with Crippen molar-refractivity contribution in [1.82, 2.24) is 0 Å². The number of aliphatic hydroxyl groups is 1. The highest BCUT2D eigenvalue weighted by atomic mass is 79.9. The van der Waals surface area contributed by atoms with Crippen LogP contribution in [0.4, 0.5) is 0 Å². The summed E-state index contributed by atoms with van der Waals surface area (Å²) < 4.78 is 5.78. The van der Waals surface area contributed by atoms with Crippen LogP contribution in [0.1, 0.15) is 55.8 Å². The van der Waals surface area contributed by atoms with Gasteiger partial charge in [-0.1, -0.05) is 77.5 Å². The number of unbranched alkanes of at least 4 members (excludes halogenated alkanes) is 5. The van der Waals surface area contributed by atoms with Crippen molar-refractivity contribution < 1.29 is 9.84 Å². The second-order valence-corrected chi connectivity index (χ2v) is 7.41. The number of rotatable bonds is 11. The number of hydrogen-bond acceptors (Lipinski definition) is 2. The van der Waals surface area contributed by atoms with Gasteiger partial charge in [0.25, 0.3) is 0 Å². The van der Waals surface area contributed by atoms with E-state index in [9.17, 15) is 5.11 Å². The van der Waals surface area contributed by atoms with E-state index in [4.69, 9.17) is 16.3 Å². The van der Waals surface area contributed by atoms with Crippen LogP contribution < -0.4 is 4.74 Å². The lowest BCUT2D eigenvalue weighted by Crippen LogP contribution is -2.00. The van der Waals surface area contributed by atoms with Crippen molar-refractivity contribution in [2.24, 2.45) is 0 Å². The molecular formula is C21H26BrClO2. The van der Waals surface area contributed by atoms with Gasteiger partial charge >= 0.3 is 0 Å². The first-order valence-electron chi connectivity index (χ1n) is 8.93. The third-order valence-electron chi connectivity index (χ3n) is 4.18. The van der Waals surface area contributed by atoms with Crippen molar-refractivity contribution in [3.63, 3.8) is 0 Å². The molecule has 2 rings (SSSR count). The minimum Gasteiger partial charge on any atom is -0.494 e. The summed E-state index contributed by atoms with van der Waals surface area (Å²) in [6, 6.07) is 14.9. The van der Waals surface area contributed by atoms with Crippen LogP contribution >= 0.6 is 27.5 Å². The van der Waals surface area contributed by atoms with E-state index < -0.39 is 6.10 Å². The Bertz CT molecular complexity index is 598. The Hall–Kier alpha value is -1.03. The molecule has 0 aliphatic heterocycles. The quantitative estimate of drug-likeness (QED) is 0.327. The Morgan fingerprint density at radius 3 is 1.92 bits per heavy atom. The number of hydrogen-bond donors (Lipinski definition) is 1. The zero-order valence-electron chi connectivity index (χ0n) is 14.5. The summed E-state index contributed by atoms with van der Waals surface area (Å²) in [6.45, 7) is 0.748. The van der Waals surface area contributed by atoms with Gasteiger partial charge in [0.2, 0.25) is 0 Å². The largest absolute Gasteiger partial charge is 0.494 e. The number of aliphatic hydroxyl groups excluding tert-OH is 1. The molecule has 2 nitrogen and oxygen atoms in total. The summed E-state index contributed by atoms with van der Waals surface area (Å²) in [4.78, 5) is 0. The average Bonchev–Trinajstić information content (AvgIpc) is 2.64. The van der Waals surface area contributed by atoms with Gasteiger partial charge in [-0.2, -0.15) is 0 Å². The highest BCUT2D eigenvalue weighted by molar-refractivity contribution is 9.09. The molecule has 0 saturated carbocycles. The Morgan fingerprint density at radius 2 is 1.32 bits per heavy atom. The van der Waals surface area contributed by atoms with Crippen molar-refractivity contribution in [3.05, 3.63) is 64.7 Å². The standard InChI is InChI=1S/C21H26BrClO2/c22-15-5-3-1-2-4-6-16-25-20-13-9-18(10-14-20)21(24)17-7-11-19(23)12-8-17/h7-14,21,24H,1-6,15-16H2. The van der Waals surface area contributed by atoms with Gasteiger partial charge in [-0.15, -0.1) is 0 Å². The van der Waals surface area contributed by atoms with Crippen LogP contribution in [0.5, 0.6) is 5.75 Å². The van der Waals surface area contributed by atoms with Crippen molar-refractivity contribution >= 4 is 27.5 Å². The molecule has 0 heterocycles. The van der Waals surface area contributed by atoms with E-state index in [0.717, 1.165) is 35.2 Å². The topological polar surface area (TPSA) is 29.5 Å². The molecule has 0 amide bonds. The van der Waals surface area contributed by atoms with Gasteiger partial charge in [0.05, 0.1) is 6.61 Å². The lowest BCUT2D eigenvalue weighted by atomic mass is 10.0. The first-order valence-corrected chi connectivity index (χ1v) is 10.4. The molecule has 0 radical (unpaired) electrons. The molecule has 0 bridgehead atoms. The minimum absolute atomic E-state index is 0.647. The van der Waals surface area contributed by atoms with Crippen LogP contribution in [0.2, 0.25) is 5.02 Å². The van der Waals surface area contributed by atoms with E-state index in [1.54, 1.807) is 12.1 Å². The zero-order valence-corrected chi connectivity index (χ0v) is 16.8. The molecular weight excluding hydrogens is 400 g/mol. The molecule has 1 atom stereocenters. The first-order chi connectivity index (χ1) is 12.2. The van der Waals surface area contributed by atoms with E-state index >= 15 is 0 Å². The van der Waals surface area contributed by atoms with Crippen LogP contribution in [0.25, 0.3) is 0 Å². The SMILES string of the molecule is OC(c1ccc(Cl)cc1)c1ccc(OCCCCCCCCBr)cc1. The monoisotopic (exact) mass is 424 g/mol. The lowest BCUT2D eigenvalue weighted by molar-refractivity contribution is 0.220. The molecule has 1 N–H and O–H groups in total. The van der Waals surface area contributed by atoms with Gasteiger partial charge in [-0.3, -0.25) is 0 Å². The van der Waals surface area contributed by atoms with Crippen molar-refractivity contribution in [2.45, 2.75) is 44.6 Å². The maximum Gasteiger partial charge on any atom is 0.119 e. The van der Waals surface area contributed by atoms with Crippen molar-refractivity contribution in [3.8, 4) is 5.75 Å². The van der Waals surface area contributed by atoms with Crippen LogP contribution in [0, 0.1) is 0 Å². The maximum absolute atomic E-state index is 10.4. The fourth-order valence-corrected chi connectivity index (χ4v) is 3.20. The van der Waals surface area contributed by atoms with Gasteiger partial charge < -0.3 is 9.84 Å². The Kier molecular flexibility index (Phi) is 9.38. The summed E-state index contributed by atoms with van der Waals surface area (Å²) in [5.74, 6) is 0.853. The van der Waals surface area contributed by atoms with Crippen LogP contribution in [0.3, 0.4) is 0 Å². The summed E-state index contributed by atoms with van der Waals surface area (Å²) in [5, 5.41) is 12.2. The summed E-state index contributed by atoms with van der Waals surface area (Å²) >= 11 is 9.34. The van der Waals surface area contributed by atoms with Crippen LogP contribution in [-0.2, 0) is 0 Å². The van der Waals surface area contributed by atoms with Crippen LogP contribution in [0.15, 0.2) is 48.5 Å². The van der Waals surface area contributed by atoms with Crippen molar-refractivity contribution in [2.75, 3.05) is 11.9 Å². The molecule has 0 aromatic heterocycles. The molecule has 2 aromatic carbocycles. The average molecular weight is 426 g/mol. The number of benzene rings is 2. The van der Waals surface area contributed by atoms with Gasteiger partial charge in [-0.25, -0.2) is 0 Å². The first kappa shape index (κ1) is 20.3. The molecule has 0 aliphatic rings. The Labute approximate surface area is 164 Å². The number of alkyl halides is 1. The number of ether oxygens (including phenoxy) is 1. The second-order valence-electron chi connectivity index (χ2n) is 6.18. The van der Waals surface area contributed by atoms with E-state index in [2.05, 4.69) is 15.9 Å². The maximum atomic E-state index is 10.4. The third kappa shape index (κ3) is 7.39. The zero-order chi connectivity index (χ0) is 17.9. The molecule has 0 aliphatic carbocycles. The Morgan fingerprint density at radius 1 is 0.800 bits per heavy atom. The van der Waals surface area contributed by atoms with E-state index in [0.29, 0.717) is 5.02 Å². The molecule has 25 heavy (non-hydrogen) atoms. The van der Waals surface area contributed by atoms with E-state index in [1.165, 1.54) is 32.1 Å². The fraction of sp³-hybridized carbons (Fsp3) is 0.429. The van der Waals surface area contributed by atoms with E-state index in [-0.39, 0.29) is 0 Å². The summed E-state index contributed by atoms with van der Waals surface area (Å²) in [6.07, 6.45) is 6.82. The van der Waals surface area contributed by atoms with Gasteiger partial charge in [0, 0.05) is 10.4 Å². The Balaban J connectivity index is 1.71. The predicted octanol–water partition coefficient (Wildman–Crippen LogP) is 6.54. The molecule has 2 aromatic rings. The summed E-state index contributed by atoms with van der Waals surface area (Å²) in [7, 11) is 0. The highest BCUT2D eigenvalue weighted by Gasteiger charge is 2.10. The molecule has 136 valence electrons. The molecule has 4 heteroatoms. The normalized spacial score (nSPS) is 12.1. The lowest BCUT2D eigenvalue weighted by Gasteiger charge is -2.13. The van der Waals surface area contributed by atoms with Gasteiger partial charge in [-0.05, 0) is 48.2 Å². The minimum atomic E-state index is -0.647.